The van der Waals surface area contributed by atoms with Crippen LogP contribution in [-0.4, -0.2) is 22.6 Å². The summed E-state index contributed by atoms with van der Waals surface area (Å²) in [5.41, 5.74) is 0. The Labute approximate surface area is 65.0 Å². The van der Waals surface area contributed by atoms with Crippen molar-refractivity contribution in [2.45, 2.75) is 12.8 Å². The zero-order valence-corrected chi connectivity index (χ0v) is 6.49. The minimum absolute atomic E-state index is 0.248. The Morgan fingerprint density at radius 1 is 1.70 bits per heavy atom. The van der Waals surface area contributed by atoms with Gasteiger partial charge in [-0.25, -0.2) is 0 Å². The molecule has 0 radical (unpaired) electrons. The summed E-state index contributed by atoms with van der Waals surface area (Å²) in [6, 6.07) is 0. The number of hydrogen-bond donors (Lipinski definition) is 1. The second-order valence-electron chi connectivity index (χ2n) is 1.75. The van der Waals surface area contributed by atoms with Crippen molar-refractivity contribution < 1.29 is 9.90 Å². The van der Waals surface area contributed by atoms with Crippen LogP contribution < -0.4 is 0 Å². The summed E-state index contributed by atoms with van der Waals surface area (Å²) in [6.07, 6.45) is 5.94. The minimum Gasteiger partial charge on any atom is -0.481 e. The molecule has 0 amide bonds. The fourth-order valence-corrected chi connectivity index (χ4v) is 1.07. The maximum absolute atomic E-state index is 9.98. The van der Waals surface area contributed by atoms with Gasteiger partial charge in [-0.15, -0.1) is 18.2 Å². The lowest BCUT2D eigenvalue weighted by Crippen LogP contribution is -1.94. The molecule has 0 aromatic rings. The van der Waals surface area contributed by atoms with Crippen molar-refractivity contribution in [2.24, 2.45) is 0 Å². The number of carboxylic acid groups (broad SMARTS) is 1. The van der Waals surface area contributed by atoms with E-state index in [0.29, 0.717) is 12.2 Å². The molecule has 0 aliphatic heterocycles. The number of hydrogen-bond acceptors (Lipinski definition) is 2. The zero-order chi connectivity index (χ0) is 7.82. The van der Waals surface area contributed by atoms with Gasteiger partial charge in [-0.1, -0.05) is 5.92 Å². The summed E-state index contributed by atoms with van der Waals surface area (Å²) >= 11 is 1.60. The largest absolute Gasteiger partial charge is 0.481 e. The fourth-order valence-electron chi connectivity index (χ4n) is 0.457. The normalized spacial score (nSPS) is 8.70. The number of aliphatic carboxylic acids is 1. The molecule has 0 aromatic heterocycles. The summed E-state index contributed by atoms with van der Waals surface area (Å²) in [6.45, 7) is 0. The molecule has 0 atom stereocenters. The lowest BCUT2D eigenvalue weighted by atomic mass is 10.3. The van der Waals surface area contributed by atoms with Gasteiger partial charge in [0.25, 0.3) is 0 Å². The van der Waals surface area contributed by atoms with E-state index < -0.39 is 5.97 Å². The standard InChI is InChI=1S/C7H10O2S/c1-2-5-10-6-3-4-7(8)9/h1H,3-6H2,(H,8,9). The molecule has 0 unspecified atom stereocenters. The van der Waals surface area contributed by atoms with E-state index in [9.17, 15) is 4.79 Å². The Balaban J connectivity index is 2.92. The van der Waals surface area contributed by atoms with Crippen LogP contribution in [0.4, 0.5) is 0 Å². The van der Waals surface area contributed by atoms with E-state index in [2.05, 4.69) is 5.92 Å². The molecule has 0 saturated heterocycles. The summed E-state index contributed by atoms with van der Waals surface area (Å²) < 4.78 is 0. The average Bonchev–Trinajstić information content (AvgIpc) is 1.87. The van der Waals surface area contributed by atoms with E-state index in [1.807, 2.05) is 0 Å². The molecule has 0 spiro atoms. The topological polar surface area (TPSA) is 37.3 Å². The number of thioether (sulfide) groups is 1. The highest BCUT2D eigenvalue weighted by Gasteiger charge is 1.94. The lowest BCUT2D eigenvalue weighted by molar-refractivity contribution is -0.137. The third-order valence-corrected chi connectivity index (χ3v) is 1.81. The maximum atomic E-state index is 9.98. The molecule has 1 N–H and O–H groups in total. The first-order valence-electron chi connectivity index (χ1n) is 3.00. The van der Waals surface area contributed by atoms with E-state index in [4.69, 9.17) is 11.5 Å². The van der Waals surface area contributed by atoms with Crippen molar-refractivity contribution >= 4 is 17.7 Å². The molecule has 0 aliphatic rings. The number of carbonyl (C=O) groups is 1. The van der Waals surface area contributed by atoms with Crippen molar-refractivity contribution in [3.63, 3.8) is 0 Å². The monoisotopic (exact) mass is 158 g/mol. The Bertz CT molecular complexity index is 137. The maximum Gasteiger partial charge on any atom is 0.303 e. The first kappa shape index (κ1) is 9.38. The van der Waals surface area contributed by atoms with Gasteiger partial charge in [0.15, 0.2) is 0 Å². The molecule has 0 heterocycles. The summed E-state index contributed by atoms with van der Waals surface area (Å²) in [4.78, 5) is 9.98. The van der Waals surface area contributed by atoms with Crippen LogP contribution in [0.1, 0.15) is 12.8 Å². The van der Waals surface area contributed by atoms with Crippen molar-refractivity contribution in [1.29, 1.82) is 0 Å². The molecule has 0 rings (SSSR count). The van der Waals surface area contributed by atoms with Crippen LogP contribution in [0.2, 0.25) is 0 Å². The van der Waals surface area contributed by atoms with Gasteiger partial charge < -0.3 is 5.11 Å². The van der Waals surface area contributed by atoms with E-state index >= 15 is 0 Å². The van der Waals surface area contributed by atoms with Crippen LogP contribution in [0.15, 0.2) is 0 Å². The predicted octanol–water partition coefficient (Wildman–Crippen LogP) is 1.22. The molecule has 0 aromatic carbocycles. The van der Waals surface area contributed by atoms with Crippen LogP contribution in [0.3, 0.4) is 0 Å². The highest BCUT2D eigenvalue weighted by Crippen LogP contribution is 2.02. The van der Waals surface area contributed by atoms with E-state index in [0.717, 1.165) is 5.75 Å². The van der Waals surface area contributed by atoms with Crippen molar-refractivity contribution in [3.8, 4) is 12.3 Å². The van der Waals surface area contributed by atoms with Crippen LogP contribution in [-0.2, 0) is 4.79 Å². The average molecular weight is 158 g/mol. The van der Waals surface area contributed by atoms with Crippen LogP contribution in [0.25, 0.3) is 0 Å². The van der Waals surface area contributed by atoms with Gasteiger partial charge in [-0.2, -0.15) is 0 Å². The number of terminal acetylenes is 1. The quantitative estimate of drug-likeness (QED) is 0.483. The Kier molecular flexibility index (Phi) is 6.10. The molecule has 2 nitrogen and oxygen atoms in total. The van der Waals surface area contributed by atoms with Gasteiger partial charge >= 0.3 is 5.97 Å². The fraction of sp³-hybridized carbons (Fsp3) is 0.571. The molecule has 0 bridgehead atoms. The molecule has 56 valence electrons. The Morgan fingerprint density at radius 3 is 2.90 bits per heavy atom. The first-order chi connectivity index (χ1) is 4.77. The SMILES string of the molecule is C#CCSCCCC(=O)O. The summed E-state index contributed by atoms with van der Waals surface area (Å²) in [5, 5.41) is 8.22. The van der Waals surface area contributed by atoms with Gasteiger partial charge in [0, 0.05) is 6.42 Å². The van der Waals surface area contributed by atoms with Gasteiger partial charge in [0.05, 0.1) is 5.75 Å². The van der Waals surface area contributed by atoms with Crippen molar-refractivity contribution in [1.82, 2.24) is 0 Å². The van der Waals surface area contributed by atoms with E-state index in [1.54, 1.807) is 11.8 Å². The van der Waals surface area contributed by atoms with Gasteiger partial charge in [0.1, 0.15) is 0 Å². The van der Waals surface area contributed by atoms with Crippen molar-refractivity contribution in [3.05, 3.63) is 0 Å². The lowest BCUT2D eigenvalue weighted by Gasteiger charge is -1.93. The molecular formula is C7H10O2S. The van der Waals surface area contributed by atoms with E-state index in [-0.39, 0.29) is 6.42 Å². The van der Waals surface area contributed by atoms with Gasteiger partial charge in [-0.3, -0.25) is 4.79 Å². The number of rotatable bonds is 5. The van der Waals surface area contributed by atoms with E-state index in [1.165, 1.54) is 0 Å². The molecule has 0 fully saturated rings. The van der Waals surface area contributed by atoms with Crippen LogP contribution in [0, 0.1) is 12.3 Å². The molecule has 10 heavy (non-hydrogen) atoms. The molecule has 0 saturated carbocycles. The predicted molar refractivity (Wildman–Crippen MR) is 43.0 cm³/mol. The Hall–Kier alpha value is -0.620. The summed E-state index contributed by atoms with van der Waals surface area (Å²) in [7, 11) is 0. The second kappa shape index (κ2) is 6.50. The van der Waals surface area contributed by atoms with Crippen LogP contribution >= 0.6 is 11.8 Å². The zero-order valence-electron chi connectivity index (χ0n) is 5.67. The highest BCUT2D eigenvalue weighted by molar-refractivity contribution is 7.99. The third kappa shape index (κ3) is 7.38. The third-order valence-electron chi connectivity index (χ3n) is 0.865. The number of carboxylic acids is 1. The molecule has 3 heteroatoms. The van der Waals surface area contributed by atoms with Gasteiger partial charge in [0.2, 0.25) is 0 Å². The Morgan fingerprint density at radius 2 is 2.40 bits per heavy atom. The molecule has 0 aliphatic carbocycles. The first-order valence-corrected chi connectivity index (χ1v) is 4.16. The van der Waals surface area contributed by atoms with Crippen molar-refractivity contribution in [2.75, 3.05) is 11.5 Å². The summed E-state index contributed by atoms with van der Waals surface area (Å²) in [5.74, 6) is 3.26. The minimum atomic E-state index is -0.735. The molecular weight excluding hydrogens is 148 g/mol. The second-order valence-corrected chi connectivity index (χ2v) is 2.86. The smallest absolute Gasteiger partial charge is 0.303 e. The highest BCUT2D eigenvalue weighted by atomic mass is 32.2. The van der Waals surface area contributed by atoms with Crippen LogP contribution in [0.5, 0.6) is 0 Å². The van der Waals surface area contributed by atoms with Gasteiger partial charge in [-0.05, 0) is 12.2 Å².